The van der Waals surface area contributed by atoms with Crippen molar-refractivity contribution in [3.8, 4) is 11.5 Å². The number of carbonyl (C=O) groups is 1. The molecule has 0 saturated heterocycles. The number of ether oxygens (including phenoxy) is 2. The molecule has 0 fully saturated rings. The Morgan fingerprint density at radius 2 is 1.77 bits per heavy atom. The summed E-state index contributed by atoms with van der Waals surface area (Å²) in [7, 11) is 3.37. The van der Waals surface area contributed by atoms with Gasteiger partial charge in [0.2, 0.25) is 5.91 Å². The van der Waals surface area contributed by atoms with Gasteiger partial charge in [-0.05, 0) is 36.6 Å². The fourth-order valence-corrected chi connectivity index (χ4v) is 1.97. The number of rotatable bonds is 8. The minimum Gasteiger partial charge on any atom is -0.497 e. The lowest BCUT2D eigenvalue weighted by Gasteiger charge is -2.22. The lowest BCUT2D eigenvalue weighted by atomic mass is 10.0. The topological polar surface area (TPSA) is 64.8 Å². The van der Waals surface area contributed by atoms with Gasteiger partial charge in [0.05, 0.1) is 19.7 Å². The Bertz CT molecular complexity index is 438. The van der Waals surface area contributed by atoms with Crippen LogP contribution in [0.15, 0.2) is 24.3 Å². The summed E-state index contributed by atoms with van der Waals surface area (Å²) in [6.07, 6.45) is 0.697. The van der Waals surface area contributed by atoms with E-state index in [2.05, 4.69) is 13.8 Å². The SMILES string of the molecule is COc1ccc(OCCN(C)C(=O)[C@@H](N)CC(C)C)cc1.Cl. The fourth-order valence-electron chi connectivity index (χ4n) is 1.97. The van der Waals surface area contributed by atoms with Crippen LogP contribution in [0.5, 0.6) is 11.5 Å². The zero-order valence-electron chi connectivity index (χ0n) is 13.7. The maximum atomic E-state index is 12.0. The number of hydrogen-bond acceptors (Lipinski definition) is 4. The number of benzene rings is 1. The molecule has 0 aliphatic carbocycles. The highest BCUT2D eigenvalue weighted by Crippen LogP contribution is 2.16. The Labute approximate surface area is 139 Å². The molecule has 1 aromatic rings. The lowest BCUT2D eigenvalue weighted by Crippen LogP contribution is -2.43. The van der Waals surface area contributed by atoms with Crippen LogP contribution in [0.25, 0.3) is 0 Å². The highest BCUT2D eigenvalue weighted by Gasteiger charge is 2.18. The summed E-state index contributed by atoms with van der Waals surface area (Å²) in [5, 5.41) is 0. The first kappa shape index (κ1) is 20.5. The van der Waals surface area contributed by atoms with Gasteiger partial charge in [-0.2, -0.15) is 0 Å². The van der Waals surface area contributed by atoms with E-state index in [1.807, 2.05) is 24.3 Å². The van der Waals surface area contributed by atoms with E-state index in [4.69, 9.17) is 15.2 Å². The molecule has 22 heavy (non-hydrogen) atoms. The molecule has 0 aliphatic rings. The smallest absolute Gasteiger partial charge is 0.239 e. The number of methoxy groups -OCH3 is 1. The molecule has 0 aromatic heterocycles. The molecular formula is C16H27ClN2O3. The molecule has 2 N–H and O–H groups in total. The highest BCUT2D eigenvalue weighted by atomic mass is 35.5. The minimum absolute atomic E-state index is 0. The minimum atomic E-state index is -0.434. The zero-order chi connectivity index (χ0) is 15.8. The van der Waals surface area contributed by atoms with E-state index in [0.29, 0.717) is 25.5 Å². The molecule has 0 radical (unpaired) electrons. The Morgan fingerprint density at radius 1 is 1.23 bits per heavy atom. The number of nitrogens with two attached hydrogens (primary N) is 1. The van der Waals surface area contributed by atoms with E-state index in [1.165, 1.54) is 0 Å². The summed E-state index contributed by atoms with van der Waals surface area (Å²) in [5.41, 5.74) is 5.89. The van der Waals surface area contributed by atoms with Crippen molar-refractivity contribution in [2.45, 2.75) is 26.3 Å². The summed E-state index contributed by atoms with van der Waals surface area (Å²) in [5.74, 6) is 1.91. The predicted octanol–water partition coefficient (Wildman–Crippen LogP) is 2.33. The van der Waals surface area contributed by atoms with Gasteiger partial charge >= 0.3 is 0 Å². The van der Waals surface area contributed by atoms with Crippen molar-refractivity contribution >= 4 is 18.3 Å². The van der Waals surface area contributed by atoms with Crippen molar-refractivity contribution < 1.29 is 14.3 Å². The second-order valence-electron chi connectivity index (χ2n) is 5.52. The van der Waals surface area contributed by atoms with Crippen molar-refractivity contribution in [3.63, 3.8) is 0 Å². The van der Waals surface area contributed by atoms with E-state index in [-0.39, 0.29) is 18.3 Å². The van der Waals surface area contributed by atoms with E-state index in [9.17, 15) is 4.79 Å². The molecule has 0 heterocycles. The van der Waals surface area contributed by atoms with Gasteiger partial charge in [-0.3, -0.25) is 4.79 Å². The highest BCUT2D eigenvalue weighted by molar-refractivity contribution is 5.85. The zero-order valence-corrected chi connectivity index (χ0v) is 14.6. The molecule has 1 aromatic carbocycles. The third-order valence-electron chi connectivity index (χ3n) is 3.17. The second kappa shape index (κ2) is 10.3. The van der Waals surface area contributed by atoms with Crippen molar-refractivity contribution in [2.24, 2.45) is 11.7 Å². The Morgan fingerprint density at radius 3 is 2.27 bits per heavy atom. The third kappa shape index (κ3) is 7.00. The first-order valence-corrected chi connectivity index (χ1v) is 7.21. The van der Waals surface area contributed by atoms with Gasteiger partial charge in [0.1, 0.15) is 18.1 Å². The average molecular weight is 331 g/mol. The monoisotopic (exact) mass is 330 g/mol. The quantitative estimate of drug-likeness (QED) is 0.794. The molecular weight excluding hydrogens is 304 g/mol. The summed E-state index contributed by atoms with van der Waals surface area (Å²) in [4.78, 5) is 13.7. The molecule has 1 amide bonds. The Hall–Kier alpha value is -1.46. The summed E-state index contributed by atoms with van der Waals surface area (Å²) in [6.45, 7) is 5.06. The van der Waals surface area contributed by atoms with Crippen LogP contribution in [0.1, 0.15) is 20.3 Å². The van der Waals surface area contributed by atoms with Crippen LogP contribution in [0.2, 0.25) is 0 Å². The van der Waals surface area contributed by atoms with Gasteiger partial charge < -0.3 is 20.1 Å². The predicted molar refractivity (Wildman–Crippen MR) is 90.8 cm³/mol. The standard InChI is InChI=1S/C16H26N2O3.ClH/c1-12(2)11-15(17)16(19)18(3)9-10-21-14-7-5-13(20-4)6-8-14;/h5-8,12,15H,9-11,17H2,1-4H3;1H/t15-;/m0./s1. The average Bonchev–Trinajstić information content (AvgIpc) is 2.46. The Balaban J connectivity index is 0.00000441. The van der Waals surface area contributed by atoms with E-state index >= 15 is 0 Å². The molecule has 0 aliphatic heterocycles. The molecule has 6 heteroatoms. The van der Waals surface area contributed by atoms with Crippen LogP contribution in [-0.4, -0.2) is 44.2 Å². The first-order valence-electron chi connectivity index (χ1n) is 7.21. The van der Waals surface area contributed by atoms with Crippen molar-refractivity contribution in [1.29, 1.82) is 0 Å². The van der Waals surface area contributed by atoms with Crippen LogP contribution < -0.4 is 15.2 Å². The summed E-state index contributed by atoms with van der Waals surface area (Å²) < 4.78 is 10.7. The van der Waals surface area contributed by atoms with Gasteiger partial charge in [-0.25, -0.2) is 0 Å². The first-order chi connectivity index (χ1) is 9.93. The number of amides is 1. The van der Waals surface area contributed by atoms with Crippen molar-refractivity contribution in [3.05, 3.63) is 24.3 Å². The largest absolute Gasteiger partial charge is 0.497 e. The fraction of sp³-hybridized carbons (Fsp3) is 0.562. The van der Waals surface area contributed by atoms with E-state index in [0.717, 1.165) is 11.5 Å². The van der Waals surface area contributed by atoms with Crippen LogP contribution in [0.3, 0.4) is 0 Å². The molecule has 1 atom stereocenters. The maximum absolute atomic E-state index is 12.0. The molecule has 0 bridgehead atoms. The van der Waals surface area contributed by atoms with Gasteiger partial charge in [-0.1, -0.05) is 13.8 Å². The van der Waals surface area contributed by atoms with E-state index < -0.39 is 6.04 Å². The number of nitrogens with zero attached hydrogens (tertiary/aromatic N) is 1. The number of hydrogen-bond donors (Lipinski definition) is 1. The van der Waals surface area contributed by atoms with Crippen LogP contribution in [0.4, 0.5) is 0 Å². The van der Waals surface area contributed by atoms with E-state index in [1.54, 1.807) is 19.1 Å². The third-order valence-corrected chi connectivity index (χ3v) is 3.17. The van der Waals surface area contributed by atoms with Crippen LogP contribution >= 0.6 is 12.4 Å². The van der Waals surface area contributed by atoms with Gasteiger partial charge in [-0.15, -0.1) is 12.4 Å². The number of carbonyl (C=O) groups excluding carboxylic acids is 1. The Kier molecular flexibility index (Phi) is 9.61. The molecule has 0 spiro atoms. The summed E-state index contributed by atoms with van der Waals surface area (Å²) in [6, 6.07) is 6.91. The van der Waals surface area contributed by atoms with Crippen molar-refractivity contribution in [1.82, 2.24) is 4.90 Å². The van der Waals surface area contributed by atoms with Gasteiger partial charge in [0.15, 0.2) is 0 Å². The van der Waals surface area contributed by atoms with Gasteiger partial charge in [0, 0.05) is 7.05 Å². The normalized spacial score (nSPS) is 11.5. The second-order valence-corrected chi connectivity index (χ2v) is 5.52. The molecule has 1 rings (SSSR count). The molecule has 5 nitrogen and oxygen atoms in total. The molecule has 0 saturated carbocycles. The number of halogens is 1. The molecule has 126 valence electrons. The summed E-state index contributed by atoms with van der Waals surface area (Å²) >= 11 is 0. The molecule has 0 unspecified atom stereocenters. The van der Waals surface area contributed by atoms with Crippen LogP contribution in [-0.2, 0) is 4.79 Å². The maximum Gasteiger partial charge on any atom is 0.239 e. The lowest BCUT2D eigenvalue weighted by molar-refractivity contribution is -0.131. The van der Waals surface area contributed by atoms with Crippen molar-refractivity contribution in [2.75, 3.05) is 27.3 Å². The van der Waals surface area contributed by atoms with Crippen LogP contribution in [0, 0.1) is 5.92 Å². The van der Waals surface area contributed by atoms with Gasteiger partial charge in [0.25, 0.3) is 0 Å². The number of likely N-dealkylation sites (N-methyl/N-ethyl adjacent to an activating group) is 1.